The maximum absolute atomic E-state index is 11.4. The average Bonchev–Trinajstić information content (AvgIpc) is 2.30. The molecule has 0 atom stereocenters. The summed E-state index contributed by atoms with van der Waals surface area (Å²) in [6.07, 6.45) is 6.27. The van der Waals surface area contributed by atoms with E-state index < -0.39 is 0 Å². The van der Waals surface area contributed by atoms with Crippen LogP contribution in [0.4, 0.5) is 0 Å². The molecule has 0 unspecified atom stereocenters. The van der Waals surface area contributed by atoms with Crippen molar-refractivity contribution in [2.24, 2.45) is 0 Å². The number of carbonyl (C=O) groups is 1. The fourth-order valence-electron chi connectivity index (χ4n) is 2.53. The van der Waals surface area contributed by atoms with E-state index in [1.165, 1.54) is 6.42 Å². The first-order chi connectivity index (χ1) is 7.68. The lowest BCUT2D eigenvalue weighted by atomic mass is 9.70. The van der Waals surface area contributed by atoms with Gasteiger partial charge in [-0.15, -0.1) is 0 Å². The van der Waals surface area contributed by atoms with Crippen molar-refractivity contribution in [2.45, 2.75) is 37.5 Å². The highest BCUT2D eigenvalue weighted by Crippen LogP contribution is 2.41. The van der Waals surface area contributed by atoms with Crippen LogP contribution < -0.4 is 0 Å². The van der Waals surface area contributed by atoms with Crippen molar-refractivity contribution in [2.75, 3.05) is 0 Å². The van der Waals surface area contributed by atoms with Crippen molar-refractivity contribution in [1.29, 1.82) is 0 Å². The molecule has 0 spiro atoms. The molecule has 1 nitrogen and oxygen atoms in total. The number of aldehydes is 1. The Hall–Kier alpha value is -0.530. The summed E-state index contributed by atoms with van der Waals surface area (Å²) in [6.45, 7) is 0. The first kappa shape index (κ1) is 11.9. The van der Waals surface area contributed by atoms with E-state index in [9.17, 15) is 4.79 Å². The van der Waals surface area contributed by atoms with Crippen LogP contribution >= 0.6 is 23.2 Å². The van der Waals surface area contributed by atoms with Gasteiger partial charge in [-0.05, 0) is 30.5 Å². The van der Waals surface area contributed by atoms with Gasteiger partial charge in [-0.25, -0.2) is 0 Å². The fourth-order valence-corrected chi connectivity index (χ4v) is 3.12. The lowest BCUT2D eigenvalue weighted by Crippen LogP contribution is -2.31. The largest absolute Gasteiger partial charge is 0.302 e. The predicted octanol–water partition coefficient (Wildman–Crippen LogP) is 4.39. The highest BCUT2D eigenvalue weighted by Gasteiger charge is 2.35. The van der Waals surface area contributed by atoms with Crippen LogP contribution in [0.3, 0.4) is 0 Å². The molecule has 1 aromatic carbocycles. The summed E-state index contributed by atoms with van der Waals surface area (Å²) in [5.74, 6) is 0. The molecule has 16 heavy (non-hydrogen) atoms. The third-order valence-corrected chi connectivity index (χ3v) is 3.99. The van der Waals surface area contributed by atoms with Crippen LogP contribution in [-0.2, 0) is 10.2 Å². The van der Waals surface area contributed by atoms with Crippen molar-refractivity contribution >= 4 is 29.5 Å². The molecule has 0 amide bonds. The normalized spacial score (nSPS) is 19.4. The molecular formula is C13H14Cl2O. The molecule has 0 N–H and O–H groups in total. The molecule has 0 heterocycles. The highest BCUT2D eigenvalue weighted by molar-refractivity contribution is 6.35. The molecule has 1 aromatic rings. The molecule has 2 rings (SSSR count). The molecular weight excluding hydrogens is 243 g/mol. The molecule has 1 aliphatic carbocycles. The van der Waals surface area contributed by atoms with E-state index in [-0.39, 0.29) is 5.41 Å². The van der Waals surface area contributed by atoms with E-state index in [1.807, 2.05) is 12.1 Å². The number of hydrogen-bond donors (Lipinski definition) is 0. The van der Waals surface area contributed by atoms with Gasteiger partial charge < -0.3 is 4.79 Å². The third-order valence-electron chi connectivity index (χ3n) is 3.44. The molecule has 1 aliphatic rings. The standard InChI is InChI=1S/C13H14Cl2O/c14-10-4-5-11(12(15)8-10)13(9-16)6-2-1-3-7-13/h4-5,8-9H,1-3,6-7H2. The lowest BCUT2D eigenvalue weighted by molar-refractivity contribution is -0.113. The molecule has 3 heteroatoms. The van der Waals surface area contributed by atoms with E-state index in [4.69, 9.17) is 23.2 Å². The zero-order chi connectivity index (χ0) is 11.6. The zero-order valence-electron chi connectivity index (χ0n) is 9.01. The van der Waals surface area contributed by atoms with Gasteiger partial charge in [-0.2, -0.15) is 0 Å². The van der Waals surface area contributed by atoms with Gasteiger partial charge in [0.05, 0.1) is 5.41 Å². The van der Waals surface area contributed by atoms with Gasteiger partial charge in [0.15, 0.2) is 0 Å². The molecule has 0 aromatic heterocycles. The molecule has 0 saturated heterocycles. The third kappa shape index (κ3) is 2.11. The molecule has 0 radical (unpaired) electrons. The predicted molar refractivity (Wildman–Crippen MR) is 67.3 cm³/mol. The Labute approximate surface area is 106 Å². The van der Waals surface area contributed by atoms with Crippen LogP contribution in [0, 0.1) is 0 Å². The Morgan fingerprint density at radius 2 is 1.81 bits per heavy atom. The van der Waals surface area contributed by atoms with Gasteiger partial charge in [0.2, 0.25) is 0 Å². The summed E-state index contributed by atoms with van der Waals surface area (Å²) in [6, 6.07) is 5.42. The van der Waals surface area contributed by atoms with Crippen molar-refractivity contribution in [3.8, 4) is 0 Å². The number of halogens is 2. The quantitative estimate of drug-likeness (QED) is 0.718. The van der Waals surface area contributed by atoms with Crippen molar-refractivity contribution in [3.63, 3.8) is 0 Å². The van der Waals surface area contributed by atoms with Gasteiger partial charge in [0.1, 0.15) is 6.29 Å². The smallest absolute Gasteiger partial charge is 0.130 e. The van der Waals surface area contributed by atoms with Crippen molar-refractivity contribution < 1.29 is 4.79 Å². The van der Waals surface area contributed by atoms with Gasteiger partial charge in [0, 0.05) is 10.0 Å². The summed E-state index contributed by atoms with van der Waals surface area (Å²) in [5.41, 5.74) is 0.563. The van der Waals surface area contributed by atoms with Crippen LogP contribution in [0.1, 0.15) is 37.7 Å². The van der Waals surface area contributed by atoms with Gasteiger partial charge in [0.25, 0.3) is 0 Å². The number of rotatable bonds is 2. The number of carbonyl (C=O) groups excluding carboxylic acids is 1. The molecule has 0 aliphatic heterocycles. The summed E-state index contributed by atoms with van der Waals surface area (Å²) in [7, 11) is 0. The second-order valence-electron chi connectivity index (χ2n) is 4.46. The first-order valence-corrected chi connectivity index (χ1v) is 6.35. The fraction of sp³-hybridized carbons (Fsp3) is 0.462. The van der Waals surface area contributed by atoms with Crippen LogP contribution in [0.2, 0.25) is 10.0 Å². The first-order valence-electron chi connectivity index (χ1n) is 5.60. The second-order valence-corrected chi connectivity index (χ2v) is 5.30. The number of hydrogen-bond acceptors (Lipinski definition) is 1. The molecule has 86 valence electrons. The summed E-state index contributed by atoms with van der Waals surface area (Å²) in [5, 5.41) is 1.23. The van der Waals surface area contributed by atoms with Crippen LogP contribution in [0.25, 0.3) is 0 Å². The Morgan fingerprint density at radius 1 is 1.12 bits per heavy atom. The van der Waals surface area contributed by atoms with Crippen LogP contribution in [0.5, 0.6) is 0 Å². The van der Waals surface area contributed by atoms with E-state index in [1.54, 1.807) is 6.07 Å². The minimum absolute atomic E-state index is 0.375. The second kappa shape index (κ2) is 4.77. The summed E-state index contributed by atoms with van der Waals surface area (Å²) < 4.78 is 0. The Morgan fingerprint density at radius 3 is 2.38 bits per heavy atom. The minimum atomic E-state index is -0.375. The van der Waals surface area contributed by atoms with Crippen LogP contribution in [0.15, 0.2) is 18.2 Å². The monoisotopic (exact) mass is 256 g/mol. The highest BCUT2D eigenvalue weighted by atomic mass is 35.5. The Bertz CT molecular complexity index is 395. The zero-order valence-corrected chi connectivity index (χ0v) is 10.5. The Balaban J connectivity index is 2.43. The molecule has 1 fully saturated rings. The van der Waals surface area contributed by atoms with Crippen molar-refractivity contribution in [1.82, 2.24) is 0 Å². The van der Waals surface area contributed by atoms with Crippen molar-refractivity contribution in [3.05, 3.63) is 33.8 Å². The number of benzene rings is 1. The van der Waals surface area contributed by atoms with Gasteiger partial charge in [-0.3, -0.25) is 0 Å². The molecule has 0 bridgehead atoms. The average molecular weight is 257 g/mol. The SMILES string of the molecule is O=CC1(c2ccc(Cl)cc2Cl)CCCCC1. The van der Waals surface area contributed by atoms with Crippen LogP contribution in [-0.4, -0.2) is 6.29 Å². The van der Waals surface area contributed by atoms with E-state index in [0.717, 1.165) is 37.5 Å². The summed E-state index contributed by atoms with van der Waals surface area (Å²) in [4.78, 5) is 11.4. The van der Waals surface area contributed by atoms with Gasteiger partial charge >= 0.3 is 0 Å². The van der Waals surface area contributed by atoms with Gasteiger partial charge in [-0.1, -0.05) is 48.5 Å². The minimum Gasteiger partial charge on any atom is -0.302 e. The molecule has 1 saturated carbocycles. The van der Waals surface area contributed by atoms with E-state index >= 15 is 0 Å². The van der Waals surface area contributed by atoms with E-state index in [0.29, 0.717) is 10.0 Å². The van der Waals surface area contributed by atoms with E-state index in [2.05, 4.69) is 0 Å². The Kier molecular flexibility index (Phi) is 3.56. The maximum atomic E-state index is 11.4. The lowest BCUT2D eigenvalue weighted by Gasteiger charge is -2.33. The summed E-state index contributed by atoms with van der Waals surface area (Å²) >= 11 is 12.1. The topological polar surface area (TPSA) is 17.1 Å². The maximum Gasteiger partial charge on any atom is 0.130 e.